The van der Waals surface area contributed by atoms with Gasteiger partial charge in [-0.05, 0) is 33.1 Å². The largest absolute Gasteiger partial charge is 0.351 e. The molecule has 0 aromatic rings. The van der Waals surface area contributed by atoms with Gasteiger partial charge < -0.3 is 5.32 Å². The maximum Gasteiger partial charge on any atom is 0.230 e. The lowest BCUT2D eigenvalue weighted by Crippen LogP contribution is -2.43. The van der Waals surface area contributed by atoms with Crippen molar-refractivity contribution in [1.82, 2.24) is 5.32 Å². The van der Waals surface area contributed by atoms with Gasteiger partial charge in [-0.2, -0.15) is 0 Å². The number of nitrogens with one attached hydrogen (secondary N) is 1. The number of carbonyl (C=O) groups is 1. The highest BCUT2D eigenvalue weighted by molar-refractivity contribution is 8.00. The molecule has 0 unspecified atom stereocenters. The summed E-state index contributed by atoms with van der Waals surface area (Å²) in [6.45, 7) is 6.25. The van der Waals surface area contributed by atoms with E-state index in [0.717, 1.165) is 11.7 Å². The van der Waals surface area contributed by atoms with Gasteiger partial charge in [-0.3, -0.25) is 4.79 Å². The van der Waals surface area contributed by atoms with Crippen LogP contribution in [-0.4, -0.2) is 22.4 Å². The summed E-state index contributed by atoms with van der Waals surface area (Å²) in [5.41, 5.74) is -0.0483. The third kappa shape index (κ3) is 4.92. The first-order valence-corrected chi connectivity index (χ1v) is 7.01. The summed E-state index contributed by atoms with van der Waals surface area (Å²) < 4.78 is 0. The van der Waals surface area contributed by atoms with Crippen molar-refractivity contribution >= 4 is 17.7 Å². The minimum Gasteiger partial charge on any atom is -0.351 e. The molecule has 3 heteroatoms. The lowest BCUT2D eigenvalue weighted by molar-refractivity contribution is -0.120. The third-order valence-electron chi connectivity index (χ3n) is 3.11. The Hall–Kier alpha value is -0.180. The molecule has 0 saturated heterocycles. The minimum atomic E-state index is -0.0483. The Morgan fingerprint density at radius 2 is 2.00 bits per heavy atom. The number of carbonyl (C=O) groups excluding carboxylic acids is 1. The van der Waals surface area contributed by atoms with Crippen LogP contribution in [0.4, 0.5) is 0 Å². The van der Waals surface area contributed by atoms with Crippen LogP contribution in [0.5, 0.6) is 0 Å². The van der Waals surface area contributed by atoms with E-state index in [-0.39, 0.29) is 11.4 Å². The van der Waals surface area contributed by atoms with E-state index in [0.29, 0.717) is 5.75 Å². The molecule has 1 N–H and O–H groups in total. The molecule has 1 aliphatic rings. The van der Waals surface area contributed by atoms with Gasteiger partial charge in [0.25, 0.3) is 0 Å². The molecule has 0 aromatic heterocycles. The number of hydrogen-bond acceptors (Lipinski definition) is 2. The number of amides is 1. The van der Waals surface area contributed by atoms with Crippen molar-refractivity contribution in [3.63, 3.8) is 0 Å². The molecule has 0 bridgehead atoms. The van der Waals surface area contributed by atoms with Crippen molar-refractivity contribution in [2.75, 3.05) is 5.75 Å². The molecule has 2 nitrogen and oxygen atoms in total. The van der Waals surface area contributed by atoms with E-state index in [4.69, 9.17) is 0 Å². The van der Waals surface area contributed by atoms with Gasteiger partial charge in [-0.1, -0.05) is 19.8 Å². The molecule has 0 aliphatic heterocycles. The minimum absolute atomic E-state index is 0.0483. The van der Waals surface area contributed by atoms with Gasteiger partial charge in [0.15, 0.2) is 0 Å². The average Bonchev–Trinajstić information content (AvgIpc) is 2.66. The van der Waals surface area contributed by atoms with Crippen LogP contribution in [0.15, 0.2) is 0 Å². The molecule has 0 radical (unpaired) electrons. The standard InChI is InChI=1S/C12H23NOS/c1-4-12(2,3)13-11(14)9-15-10-7-5-6-8-10/h10H,4-9H2,1-3H3,(H,13,14). The molecular weight excluding hydrogens is 206 g/mol. The van der Waals surface area contributed by atoms with Crippen LogP contribution in [0.25, 0.3) is 0 Å². The third-order valence-corrected chi connectivity index (χ3v) is 4.49. The van der Waals surface area contributed by atoms with Crippen molar-refractivity contribution < 1.29 is 4.79 Å². The molecule has 0 aromatic carbocycles. The molecule has 88 valence electrons. The summed E-state index contributed by atoms with van der Waals surface area (Å²) in [6.07, 6.45) is 6.27. The zero-order valence-electron chi connectivity index (χ0n) is 10.1. The predicted molar refractivity (Wildman–Crippen MR) is 67.2 cm³/mol. The molecule has 1 aliphatic carbocycles. The van der Waals surface area contributed by atoms with Crippen LogP contribution in [-0.2, 0) is 4.79 Å². The highest BCUT2D eigenvalue weighted by atomic mass is 32.2. The van der Waals surface area contributed by atoms with Crippen LogP contribution in [0.1, 0.15) is 52.9 Å². The van der Waals surface area contributed by atoms with Crippen LogP contribution < -0.4 is 5.32 Å². The Morgan fingerprint density at radius 1 is 1.40 bits per heavy atom. The second-order valence-electron chi connectivity index (χ2n) is 5.00. The Kier molecular flexibility index (Phi) is 4.97. The maximum absolute atomic E-state index is 11.6. The topological polar surface area (TPSA) is 29.1 Å². The molecule has 1 saturated carbocycles. The quantitative estimate of drug-likeness (QED) is 0.785. The Balaban J connectivity index is 2.18. The molecule has 1 fully saturated rings. The summed E-state index contributed by atoms with van der Waals surface area (Å²) in [4.78, 5) is 11.6. The first-order valence-electron chi connectivity index (χ1n) is 5.96. The molecular formula is C12H23NOS. The highest BCUT2D eigenvalue weighted by Crippen LogP contribution is 2.29. The Labute approximate surface area is 97.6 Å². The van der Waals surface area contributed by atoms with Gasteiger partial charge >= 0.3 is 0 Å². The fraction of sp³-hybridized carbons (Fsp3) is 0.917. The normalized spacial score (nSPS) is 18.1. The van der Waals surface area contributed by atoms with Gasteiger partial charge in [-0.25, -0.2) is 0 Å². The smallest absolute Gasteiger partial charge is 0.230 e. The van der Waals surface area contributed by atoms with Crippen LogP contribution in [0, 0.1) is 0 Å². The average molecular weight is 229 g/mol. The number of rotatable bonds is 5. The van der Waals surface area contributed by atoms with E-state index in [1.165, 1.54) is 25.7 Å². The van der Waals surface area contributed by atoms with E-state index >= 15 is 0 Å². The van der Waals surface area contributed by atoms with Crippen LogP contribution in [0.3, 0.4) is 0 Å². The number of thioether (sulfide) groups is 1. The SMILES string of the molecule is CCC(C)(C)NC(=O)CSC1CCCC1. The first kappa shape index (κ1) is 12.9. The van der Waals surface area contributed by atoms with Gasteiger partial charge in [0.2, 0.25) is 5.91 Å². The molecule has 15 heavy (non-hydrogen) atoms. The van der Waals surface area contributed by atoms with Gasteiger partial charge in [-0.15, -0.1) is 11.8 Å². The summed E-state index contributed by atoms with van der Waals surface area (Å²) in [5.74, 6) is 0.826. The first-order chi connectivity index (χ1) is 7.03. The second kappa shape index (κ2) is 5.78. The van der Waals surface area contributed by atoms with E-state index in [2.05, 4.69) is 26.1 Å². The van der Waals surface area contributed by atoms with Crippen LogP contribution >= 0.6 is 11.8 Å². The van der Waals surface area contributed by atoms with E-state index in [1.54, 1.807) is 0 Å². The fourth-order valence-corrected chi connectivity index (χ4v) is 2.88. The summed E-state index contributed by atoms with van der Waals surface area (Å²) in [5, 5.41) is 3.81. The van der Waals surface area contributed by atoms with Gasteiger partial charge in [0.05, 0.1) is 5.75 Å². The summed E-state index contributed by atoms with van der Waals surface area (Å²) in [7, 11) is 0. The predicted octanol–water partition coefficient (Wildman–Crippen LogP) is 2.97. The Bertz CT molecular complexity index is 210. The van der Waals surface area contributed by atoms with Gasteiger partial charge in [0.1, 0.15) is 0 Å². The van der Waals surface area contributed by atoms with Crippen LogP contribution in [0.2, 0.25) is 0 Å². The lowest BCUT2D eigenvalue weighted by atomic mass is 10.0. The molecule has 0 spiro atoms. The second-order valence-corrected chi connectivity index (χ2v) is 6.29. The van der Waals surface area contributed by atoms with Gasteiger partial charge in [0, 0.05) is 10.8 Å². The summed E-state index contributed by atoms with van der Waals surface area (Å²) in [6, 6.07) is 0. The molecule has 1 rings (SSSR count). The van der Waals surface area contributed by atoms with Crippen molar-refractivity contribution in [3.05, 3.63) is 0 Å². The van der Waals surface area contributed by atoms with E-state index < -0.39 is 0 Å². The molecule has 1 amide bonds. The maximum atomic E-state index is 11.6. The highest BCUT2D eigenvalue weighted by Gasteiger charge is 2.20. The monoisotopic (exact) mass is 229 g/mol. The number of hydrogen-bond donors (Lipinski definition) is 1. The van der Waals surface area contributed by atoms with Crippen molar-refractivity contribution in [1.29, 1.82) is 0 Å². The van der Waals surface area contributed by atoms with E-state index in [1.807, 2.05) is 11.8 Å². The van der Waals surface area contributed by atoms with Crippen molar-refractivity contribution in [3.8, 4) is 0 Å². The fourth-order valence-electron chi connectivity index (χ4n) is 1.75. The van der Waals surface area contributed by atoms with Crippen molar-refractivity contribution in [2.24, 2.45) is 0 Å². The summed E-state index contributed by atoms with van der Waals surface area (Å²) >= 11 is 1.83. The zero-order valence-corrected chi connectivity index (χ0v) is 11.0. The lowest BCUT2D eigenvalue weighted by Gasteiger charge is -2.24. The molecule has 0 atom stereocenters. The molecule has 0 heterocycles. The Morgan fingerprint density at radius 3 is 2.53 bits per heavy atom. The van der Waals surface area contributed by atoms with Crippen molar-refractivity contribution in [2.45, 2.75) is 63.7 Å². The zero-order chi connectivity index (χ0) is 11.3. The van der Waals surface area contributed by atoms with E-state index in [9.17, 15) is 4.79 Å².